The van der Waals surface area contributed by atoms with Crippen molar-refractivity contribution in [2.24, 2.45) is 4.40 Å². The Bertz CT molecular complexity index is 105. The van der Waals surface area contributed by atoms with Gasteiger partial charge >= 0.3 is 0 Å². The highest BCUT2D eigenvalue weighted by Gasteiger charge is 1.63. The number of hydrogen-bond acceptors (Lipinski definition) is 2. The third-order valence-electron chi connectivity index (χ3n) is 0.442. The molecule has 0 bridgehead atoms. The molecule has 1 nitrogen and oxygen atoms in total. The van der Waals surface area contributed by atoms with Gasteiger partial charge < -0.3 is 0 Å². The average Bonchev–Trinajstić information content (AvgIpc) is 1.81. The summed E-state index contributed by atoms with van der Waals surface area (Å²) in [6.45, 7) is 5.39. The molecule has 0 amide bonds. The topological polar surface area (TPSA) is 12.4 Å². The Labute approximate surface area is 54.3 Å². The molecule has 0 aliphatic rings. The average molecular weight is 127 g/mol. The van der Waals surface area contributed by atoms with Crippen molar-refractivity contribution in [2.75, 3.05) is 0 Å². The monoisotopic (exact) mass is 127 g/mol. The van der Waals surface area contributed by atoms with Crippen LogP contribution in [0.25, 0.3) is 0 Å². The summed E-state index contributed by atoms with van der Waals surface area (Å²) < 4.78 is 3.87. The molecule has 0 aromatic rings. The van der Waals surface area contributed by atoms with Gasteiger partial charge in [-0.05, 0) is 12.3 Å². The predicted octanol–water partition coefficient (Wildman–Crippen LogP) is 2.43. The van der Waals surface area contributed by atoms with Crippen molar-refractivity contribution in [1.29, 1.82) is 0 Å². The van der Waals surface area contributed by atoms with E-state index in [9.17, 15) is 0 Å². The maximum absolute atomic E-state index is 3.87. The van der Waals surface area contributed by atoms with E-state index in [1.807, 2.05) is 18.4 Å². The van der Waals surface area contributed by atoms with Crippen LogP contribution in [0, 0.1) is 0 Å². The summed E-state index contributed by atoms with van der Waals surface area (Å²) in [6.07, 6.45) is 5.31. The van der Waals surface area contributed by atoms with Crippen LogP contribution in [0.3, 0.4) is 0 Å². The van der Waals surface area contributed by atoms with Gasteiger partial charge in [-0.3, -0.25) is 0 Å². The second-order valence-corrected chi connectivity index (χ2v) is 1.73. The van der Waals surface area contributed by atoms with Gasteiger partial charge in [0.25, 0.3) is 0 Å². The summed E-state index contributed by atoms with van der Waals surface area (Å²) >= 11 is 1.40. The molecule has 0 rings (SSSR count). The normalized spacial score (nSPS) is 11.1. The third kappa shape index (κ3) is 5.50. The molecular weight excluding hydrogens is 118 g/mol. The van der Waals surface area contributed by atoms with E-state index in [-0.39, 0.29) is 0 Å². The van der Waals surface area contributed by atoms with Crippen LogP contribution in [-0.2, 0) is 0 Å². The van der Waals surface area contributed by atoms with Crippen LogP contribution in [0.2, 0.25) is 0 Å². The van der Waals surface area contributed by atoms with Gasteiger partial charge in [0.2, 0.25) is 0 Å². The van der Waals surface area contributed by atoms with Crippen LogP contribution in [-0.4, -0.2) is 6.21 Å². The first-order chi connectivity index (χ1) is 3.91. The standard InChI is InChI=1S/C6H9NS/c1-3-5-6-8-7-4-2/h3-6H,1H2,2H3/b6-5-,7-4-. The highest BCUT2D eigenvalue weighted by molar-refractivity contribution is 8.01. The Morgan fingerprint density at radius 2 is 2.38 bits per heavy atom. The molecule has 0 aliphatic heterocycles. The van der Waals surface area contributed by atoms with Crippen LogP contribution in [0.15, 0.2) is 28.5 Å². The predicted molar refractivity (Wildman–Crippen MR) is 41.1 cm³/mol. The molecule has 0 spiro atoms. The number of nitrogens with zero attached hydrogens (tertiary/aromatic N) is 1. The molecule has 0 heterocycles. The second kappa shape index (κ2) is 6.50. The Morgan fingerprint density at radius 1 is 1.62 bits per heavy atom. The van der Waals surface area contributed by atoms with Gasteiger partial charge in [0.15, 0.2) is 0 Å². The van der Waals surface area contributed by atoms with Crippen LogP contribution in [0.5, 0.6) is 0 Å². The Hall–Kier alpha value is -0.500. The van der Waals surface area contributed by atoms with Crippen molar-refractivity contribution < 1.29 is 0 Å². The Kier molecular flexibility index (Phi) is 6.09. The van der Waals surface area contributed by atoms with E-state index in [0.29, 0.717) is 0 Å². The molecular formula is C6H9NS. The molecule has 8 heavy (non-hydrogen) atoms. The van der Waals surface area contributed by atoms with Gasteiger partial charge in [-0.1, -0.05) is 18.7 Å². The molecule has 0 aliphatic carbocycles. The van der Waals surface area contributed by atoms with Gasteiger partial charge in [0, 0.05) is 18.2 Å². The molecule has 0 fully saturated rings. The van der Waals surface area contributed by atoms with Crippen LogP contribution in [0.1, 0.15) is 6.92 Å². The van der Waals surface area contributed by atoms with Gasteiger partial charge in [-0.25, -0.2) is 4.40 Å². The summed E-state index contributed by atoms with van der Waals surface area (Å²) in [7, 11) is 0. The summed E-state index contributed by atoms with van der Waals surface area (Å²) in [5, 5.41) is 1.87. The van der Waals surface area contributed by atoms with E-state index in [0.717, 1.165) is 0 Å². The third-order valence-corrected chi connectivity index (χ3v) is 1.05. The quantitative estimate of drug-likeness (QED) is 0.322. The van der Waals surface area contributed by atoms with Gasteiger partial charge in [-0.2, -0.15) is 0 Å². The van der Waals surface area contributed by atoms with E-state index < -0.39 is 0 Å². The molecule has 0 saturated carbocycles. The van der Waals surface area contributed by atoms with Crippen molar-refractivity contribution in [2.45, 2.75) is 6.92 Å². The number of rotatable bonds is 3. The Morgan fingerprint density at radius 3 is 2.88 bits per heavy atom. The summed E-state index contributed by atoms with van der Waals surface area (Å²) in [6, 6.07) is 0. The Balaban J connectivity index is 3.15. The van der Waals surface area contributed by atoms with Gasteiger partial charge in [-0.15, -0.1) is 0 Å². The first-order valence-electron chi connectivity index (χ1n) is 2.33. The van der Waals surface area contributed by atoms with Crippen molar-refractivity contribution in [3.05, 3.63) is 24.1 Å². The lowest BCUT2D eigenvalue weighted by molar-refractivity contribution is 1.89. The summed E-state index contributed by atoms with van der Waals surface area (Å²) in [5.41, 5.74) is 0. The van der Waals surface area contributed by atoms with Crippen LogP contribution < -0.4 is 0 Å². The maximum Gasteiger partial charge on any atom is 0.00986 e. The van der Waals surface area contributed by atoms with Crippen LogP contribution in [0.4, 0.5) is 0 Å². The fraction of sp³-hybridized carbons (Fsp3) is 0.167. The van der Waals surface area contributed by atoms with Crippen molar-refractivity contribution >= 4 is 18.2 Å². The molecule has 0 atom stereocenters. The first kappa shape index (κ1) is 7.50. The lowest BCUT2D eigenvalue weighted by Gasteiger charge is -1.74. The van der Waals surface area contributed by atoms with E-state index in [4.69, 9.17) is 0 Å². The molecule has 0 radical (unpaired) electrons. The van der Waals surface area contributed by atoms with E-state index in [2.05, 4.69) is 11.0 Å². The van der Waals surface area contributed by atoms with Crippen molar-refractivity contribution in [3.8, 4) is 0 Å². The van der Waals surface area contributed by atoms with Crippen molar-refractivity contribution in [3.63, 3.8) is 0 Å². The fourth-order valence-electron chi connectivity index (χ4n) is 0.187. The molecule has 0 N–H and O–H groups in total. The lowest BCUT2D eigenvalue weighted by Crippen LogP contribution is -1.48. The maximum atomic E-state index is 3.87. The zero-order chi connectivity index (χ0) is 6.24. The zero-order valence-electron chi connectivity index (χ0n) is 4.87. The SMILES string of the molecule is C=C/C=C\S/N=C\C. The highest BCUT2D eigenvalue weighted by Crippen LogP contribution is 2.00. The fourth-order valence-corrected chi connectivity index (χ4v) is 0.560. The first-order valence-corrected chi connectivity index (χ1v) is 3.17. The highest BCUT2D eigenvalue weighted by atomic mass is 32.2. The minimum Gasteiger partial charge on any atom is -0.225 e. The molecule has 0 aromatic heterocycles. The molecule has 44 valence electrons. The molecule has 0 unspecified atom stereocenters. The summed E-state index contributed by atoms with van der Waals surface area (Å²) in [5.74, 6) is 0. The second-order valence-electron chi connectivity index (χ2n) is 1.03. The van der Waals surface area contributed by atoms with E-state index in [1.165, 1.54) is 11.9 Å². The van der Waals surface area contributed by atoms with Crippen LogP contribution >= 0.6 is 11.9 Å². The lowest BCUT2D eigenvalue weighted by atomic mass is 10.6. The largest absolute Gasteiger partial charge is 0.225 e. The summed E-state index contributed by atoms with van der Waals surface area (Å²) in [4.78, 5) is 0. The van der Waals surface area contributed by atoms with Gasteiger partial charge in [0.1, 0.15) is 0 Å². The molecule has 0 saturated heterocycles. The molecule has 0 aromatic carbocycles. The van der Waals surface area contributed by atoms with Crippen molar-refractivity contribution in [1.82, 2.24) is 0 Å². The number of hydrogen-bond donors (Lipinski definition) is 0. The van der Waals surface area contributed by atoms with E-state index in [1.54, 1.807) is 12.3 Å². The molecule has 2 heteroatoms. The van der Waals surface area contributed by atoms with E-state index >= 15 is 0 Å². The number of allylic oxidation sites excluding steroid dienone is 2. The minimum absolute atomic E-state index is 1.40. The van der Waals surface area contributed by atoms with Gasteiger partial charge in [0.05, 0.1) is 0 Å². The minimum atomic E-state index is 1.40. The smallest absolute Gasteiger partial charge is 0.00986 e. The zero-order valence-corrected chi connectivity index (χ0v) is 5.69.